The Morgan fingerprint density at radius 3 is 2.02 bits per heavy atom. The molecule has 10 rings (SSSR count). The number of ether oxygens (including phenoxy) is 2. The van der Waals surface area contributed by atoms with Gasteiger partial charge in [0.15, 0.2) is 0 Å². The van der Waals surface area contributed by atoms with E-state index in [1.807, 2.05) is 30.3 Å². The highest BCUT2D eigenvalue weighted by Crippen LogP contribution is 2.42. The molecule has 0 spiro atoms. The first-order valence-electron chi connectivity index (χ1n) is 16.8. The van der Waals surface area contributed by atoms with E-state index in [0.717, 1.165) is 78.4 Å². The zero-order valence-corrected chi connectivity index (χ0v) is 26.0. The lowest BCUT2D eigenvalue weighted by Crippen LogP contribution is -2.57. The van der Waals surface area contributed by atoms with E-state index in [9.17, 15) is 0 Å². The molecule has 7 aromatic rings. The van der Waals surface area contributed by atoms with E-state index in [2.05, 4.69) is 102 Å². The number of hydrogen-bond acceptors (Lipinski definition) is 4. The molecule has 0 atom stereocenters. The summed E-state index contributed by atoms with van der Waals surface area (Å²) in [7, 11) is 0. The fourth-order valence-electron chi connectivity index (χ4n) is 8.13. The highest BCUT2D eigenvalue weighted by atomic mass is 16.5. The van der Waals surface area contributed by atoms with Crippen LogP contribution >= 0.6 is 0 Å². The molecule has 0 bridgehead atoms. The van der Waals surface area contributed by atoms with Gasteiger partial charge in [0.1, 0.15) is 34.2 Å². The molecule has 3 heterocycles. The number of fused-ring (bicyclic) bond motifs is 7. The molecule has 2 aliphatic heterocycles. The molecule has 3 aliphatic rings. The Bertz CT molecular complexity index is 2300. The monoisotopic (exact) mass is 609 g/mol. The standard InChI is InChI=1S/C42H32BNO3/c1-3-10-27(11-4-1)28-18-20-30(21-19-28)44(29-12-5-2-6-13-29)31-22-23-32-33-25-41-35(26-40(33)47-39(32)24-31)43-34-14-7-8-15-36(34)45-37-16-9-17-38(46-41)42(37)43/h2,5-9,12-27H,1,3-4,10-11H2. The van der Waals surface area contributed by atoms with Gasteiger partial charge < -0.3 is 18.8 Å². The molecule has 4 nitrogen and oxygen atoms in total. The van der Waals surface area contributed by atoms with Crippen molar-refractivity contribution in [2.75, 3.05) is 4.90 Å². The number of benzene rings is 6. The first kappa shape index (κ1) is 26.8. The molecule has 47 heavy (non-hydrogen) atoms. The number of anilines is 3. The quantitative estimate of drug-likeness (QED) is 0.186. The topological polar surface area (TPSA) is 34.8 Å². The van der Waals surface area contributed by atoms with Gasteiger partial charge in [-0.25, -0.2) is 0 Å². The summed E-state index contributed by atoms with van der Waals surface area (Å²) >= 11 is 0. The minimum absolute atomic E-state index is 0.00762. The van der Waals surface area contributed by atoms with Crippen molar-refractivity contribution in [2.24, 2.45) is 0 Å². The molecule has 1 fully saturated rings. The van der Waals surface area contributed by atoms with Gasteiger partial charge in [-0.3, -0.25) is 0 Å². The van der Waals surface area contributed by atoms with Crippen molar-refractivity contribution in [3.63, 3.8) is 0 Å². The number of hydrogen-bond donors (Lipinski definition) is 0. The smallest absolute Gasteiger partial charge is 0.260 e. The summed E-state index contributed by atoms with van der Waals surface area (Å²) in [5.74, 6) is 4.12. The van der Waals surface area contributed by atoms with Crippen molar-refractivity contribution >= 4 is 62.1 Å². The van der Waals surface area contributed by atoms with Crippen LogP contribution in [0, 0.1) is 0 Å². The van der Waals surface area contributed by atoms with Crippen molar-refractivity contribution in [2.45, 2.75) is 38.0 Å². The fourth-order valence-corrected chi connectivity index (χ4v) is 8.13. The van der Waals surface area contributed by atoms with Crippen LogP contribution in [-0.4, -0.2) is 6.71 Å². The van der Waals surface area contributed by atoms with E-state index in [-0.39, 0.29) is 6.71 Å². The number of furan rings is 1. The van der Waals surface area contributed by atoms with Crippen LogP contribution in [-0.2, 0) is 0 Å². The van der Waals surface area contributed by atoms with E-state index in [1.54, 1.807) is 0 Å². The third kappa shape index (κ3) is 4.30. The van der Waals surface area contributed by atoms with Gasteiger partial charge in [-0.15, -0.1) is 0 Å². The fraction of sp³-hybridized carbons (Fsp3) is 0.143. The maximum Gasteiger partial charge on any atom is 0.260 e. The van der Waals surface area contributed by atoms with Gasteiger partial charge in [0.2, 0.25) is 0 Å². The second-order valence-electron chi connectivity index (χ2n) is 13.1. The van der Waals surface area contributed by atoms with Crippen molar-refractivity contribution < 1.29 is 13.9 Å². The van der Waals surface area contributed by atoms with Crippen molar-refractivity contribution in [3.8, 4) is 23.0 Å². The van der Waals surface area contributed by atoms with Gasteiger partial charge in [0.05, 0.1) is 0 Å². The van der Waals surface area contributed by atoms with Crippen molar-refractivity contribution in [3.05, 3.63) is 133 Å². The van der Waals surface area contributed by atoms with E-state index >= 15 is 0 Å². The molecule has 1 saturated carbocycles. The predicted octanol–water partition coefficient (Wildman–Crippen LogP) is 9.83. The van der Waals surface area contributed by atoms with Gasteiger partial charge in [-0.05, 0) is 102 Å². The van der Waals surface area contributed by atoms with E-state index < -0.39 is 0 Å². The van der Waals surface area contributed by atoms with Crippen LogP contribution in [0.1, 0.15) is 43.6 Å². The lowest BCUT2D eigenvalue weighted by atomic mass is 9.35. The highest BCUT2D eigenvalue weighted by Gasteiger charge is 2.40. The predicted molar refractivity (Wildman–Crippen MR) is 192 cm³/mol. The summed E-state index contributed by atoms with van der Waals surface area (Å²) < 4.78 is 19.6. The minimum atomic E-state index is 0.00762. The van der Waals surface area contributed by atoms with Crippen LogP contribution in [0.25, 0.3) is 21.9 Å². The summed E-state index contributed by atoms with van der Waals surface area (Å²) in [4.78, 5) is 2.32. The summed E-state index contributed by atoms with van der Waals surface area (Å²) in [6.45, 7) is 0.00762. The average Bonchev–Trinajstić information content (AvgIpc) is 3.48. The Morgan fingerprint density at radius 2 is 1.19 bits per heavy atom. The molecule has 0 N–H and O–H groups in total. The summed E-state index contributed by atoms with van der Waals surface area (Å²) in [6, 6.07) is 45.1. The Hall–Kier alpha value is -5.42. The molecule has 0 radical (unpaired) electrons. The number of rotatable bonds is 4. The van der Waals surface area contributed by atoms with Gasteiger partial charge in [-0.1, -0.05) is 73.9 Å². The zero-order chi connectivity index (χ0) is 30.9. The summed E-state index contributed by atoms with van der Waals surface area (Å²) in [6.07, 6.45) is 6.64. The van der Waals surface area contributed by atoms with Crippen LogP contribution in [0.15, 0.2) is 132 Å². The van der Waals surface area contributed by atoms with Crippen LogP contribution in [0.4, 0.5) is 17.1 Å². The van der Waals surface area contributed by atoms with Gasteiger partial charge in [-0.2, -0.15) is 0 Å². The van der Waals surface area contributed by atoms with Gasteiger partial charge in [0, 0.05) is 39.4 Å². The summed E-state index contributed by atoms with van der Waals surface area (Å²) in [5.41, 5.74) is 9.79. The third-order valence-electron chi connectivity index (χ3n) is 10.4. The molecule has 0 saturated heterocycles. The van der Waals surface area contributed by atoms with E-state index in [4.69, 9.17) is 13.9 Å². The lowest BCUT2D eigenvalue weighted by Gasteiger charge is -2.32. The number of nitrogens with zero attached hydrogens (tertiary/aromatic N) is 1. The van der Waals surface area contributed by atoms with Gasteiger partial charge in [0.25, 0.3) is 6.71 Å². The highest BCUT2D eigenvalue weighted by molar-refractivity contribution is 6.98. The lowest BCUT2D eigenvalue weighted by molar-refractivity contribution is 0.443. The SMILES string of the molecule is c1ccc(N(c2ccc(C3CCCCC3)cc2)c2ccc3c(c2)oc2cc4c(cc23)Oc2cccc3c2B4c2ccccc2O3)cc1. The molecular weight excluding hydrogens is 577 g/mol. The third-order valence-corrected chi connectivity index (χ3v) is 10.4. The van der Waals surface area contributed by atoms with Crippen molar-refractivity contribution in [1.29, 1.82) is 0 Å². The maximum absolute atomic E-state index is 6.68. The molecule has 226 valence electrons. The molecule has 1 aliphatic carbocycles. The summed E-state index contributed by atoms with van der Waals surface area (Å²) in [5, 5.41) is 2.12. The largest absolute Gasteiger partial charge is 0.458 e. The Morgan fingerprint density at radius 1 is 0.511 bits per heavy atom. The Kier molecular flexibility index (Phi) is 6.02. The van der Waals surface area contributed by atoms with Gasteiger partial charge >= 0.3 is 0 Å². The molecule has 6 aromatic carbocycles. The number of para-hydroxylation sites is 2. The molecule has 0 amide bonds. The second-order valence-corrected chi connectivity index (χ2v) is 13.1. The van der Waals surface area contributed by atoms with E-state index in [0.29, 0.717) is 5.92 Å². The molecule has 0 unspecified atom stereocenters. The Balaban J connectivity index is 1.09. The normalized spacial score (nSPS) is 15.0. The van der Waals surface area contributed by atoms with E-state index in [1.165, 1.54) is 37.7 Å². The Labute approximate surface area is 274 Å². The zero-order valence-electron chi connectivity index (χ0n) is 26.0. The molecular formula is C42H32BNO3. The van der Waals surface area contributed by atoms with Crippen LogP contribution in [0.2, 0.25) is 0 Å². The first-order chi connectivity index (χ1) is 23.3. The average molecular weight is 610 g/mol. The van der Waals surface area contributed by atoms with Crippen LogP contribution in [0.3, 0.4) is 0 Å². The minimum Gasteiger partial charge on any atom is -0.458 e. The molecule has 1 aromatic heterocycles. The first-order valence-corrected chi connectivity index (χ1v) is 16.8. The van der Waals surface area contributed by atoms with Crippen LogP contribution in [0.5, 0.6) is 23.0 Å². The molecule has 5 heteroatoms. The maximum atomic E-state index is 6.68. The van der Waals surface area contributed by atoms with Crippen molar-refractivity contribution in [1.82, 2.24) is 0 Å². The second kappa shape index (κ2) is 10.6. The van der Waals surface area contributed by atoms with Crippen LogP contribution < -0.4 is 30.8 Å².